The van der Waals surface area contributed by atoms with E-state index in [0.29, 0.717) is 30.6 Å². The molecule has 1 aromatic carbocycles. The summed E-state index contributed by atoms with van der Waals surface area (Å²) < 4.78 is 13.4. The van der Waals surface area contributed by atoms with Gasteiger partial charge in [-0.25, -0.2) is 9.37 Å². The van der Waals surface area contributed by atoms with Crippen molar-refractivity contribution in [2.45, 2.75) is 18.1 Å². The van der Waals surface area contributed by atoms with E-state index in [1.807, 2.05) is 29.8 Å². The number of aromatic nitrogens is 2. The van der Waals surface area contributed by atoms with Crippen LogP contribution in [0.5, 0.6) is 0 Å². The van der Waals surface area contributed by atoms with Crippen LogP contribution in [-0.4, -0.2) is 40.7 Å². The molecule has 0 saturated heterocycles. The number of nitriles is 1. The number of pyridine rings is 1. The van der Waals surface area contributed by atoms with Crippen LogP contribution in [0.15, 0.2) is 64.0 Å². The minimum atomic E-state index is -0.280. The highest BCUT2D eigenvalue weighted by atomic mass is 32.2. The molecule has 3 rings (SSSR count). The molecule has 1 atom stereocenters. The Balaban J connectivity index is 1.50. The predicted molar refractivity (Wildman–Crippen MR) is 140 cm³/mol. The summed E-state index contributed by atoms with van der Waals surface area (Å²) in [5.74, 6) is 1.59. The minimum Gasteiger partial charge on any atom is -0.370 e. The zero-order valence-electron chi connectivity index (χ0n) is 18.9. The lowest BCUT2D eigenvalue weighted by molar-refractivity contribution is 0.624. The number of rotatable bonds is 11. The van der Waals surface area contributed by atoms with Crippen LogP contribution in [0.25, 0.3) is 0 Å². The molecule has 6 N–H and O–H groups in total. The van der Waals surface area contributed by atoms with Crippen LogP contribution in [-0.2, 0) is 5.75 Å². The summed E-state index contributed by atoms with van der Waals surface area (Å²) in [5, 5.41) is 17.3. The van der Waals surface area contributed by atoms with E-state index >= 15 is 0 Å². The number of benzene rings is 1. The molecule has 0 bridgehead atoms. The summed E-state index contributed by atoms with van der Waals surface area (Å²) in [4.78, 5) is 17.3. The fourth-order valence-corrected chi connectivity index (χ4v) is 4.76. The molecule has 0 aliphatic heterocycles. The second-order valence-electron chi connectivity index (χ2n) is 7.25. The van der Waals surface area contributed by atoms with Crippen molar-refractivity contribution in [2.24, 2.45) is 21.5 Å². The van der Waals surface area contributed by atoms with Crippen LogP contribution in [0.4, 0.5) is 9.52 Å². The van der Waals surface area contributed by atoms with Gasteiger partial charge < -0.3 is 16.8 Å². The average molecular weight is 512 g/mol. The van der Waals surface area contributed by atoms with Crippen molar-refractivity contribution in [2.75, 3.05) is 18.8 Å². The molecular formula is C23H26FN9S2. The maximum atomic E-state index is 13.4. The molecule has 0 radical (unpaired) electrons. The van der Waals surface area contributed by atoms with Gasteiger partial charge in [0.2, 0.25) is 11.1 Å². The number of thioether (sulfide) groups is 1. The Kier molecular flexibility index (Phi) is 10.3. The summed E-state index contributed by atoms with van der Waals surface area (Å²) >= 11 is 3.08. The van der Waals surface area contributed by atoms with E-state index in [4.69, 9.17) is 16.7 Å². The standard InChI is InChI=1S/C23H26FN9S2/c24-17-6-4-16(5-7-17)19(20-3-1-2-9-28-20)8-10-29-22(31-15-25)30-11-12-34-13-18-14-35-23(32-18)33-21(26)27/h1-7,9,14,19H,8,10-13H2,(H2,29,30,31)(H4,26,27,32,33). The lowest BCUT2D eigenvalue weighted by Crippen LogP contribution is -2.36. The number of hydrogen-bond donors (Lipinski definition) is 4. The van der Waals surface area contributed by atoms with Crippen molar-refractivity contribution >= 4 is 40.1 Å². The molecular weight excluding hydrogens is 485 g/mol. The van der Waals surface area contributed by atoms with Crippen molar-refractivity contribution in [3.8, 4) is 6.19 Å². The SMILES string of the molecule is N#CNC(=NCCC(c1ccc(F)cc1)c1ccccn1)NCCSCc1csc(N=C(N)N)n1. The number of aliphatic imine (C=N–C) groups is 2. The largest absolute Gasteiger partial charge is 0.370 e. The van der Waals surface area contributed by atoms with E-state index in [2.05, 4.69) is 30.6 Å². The second kappa shape index (κ2) is 13.9. The second-order valence-corrected chi connectivity index (χ2v) is 9.19. The minimum absolute atomic E-state index is 0.0106. The van der Waals surface area contributed by atoms with Crippen LogP contribution in [0.1, 0.15) is 29.3 Å². The molecule has 35 heavy (non-hydrogen) atoms. The van der Waals surface area contributed by atoms with E-state index in [9.17, 15) is 4.39 Å². The molecule has 0 spiro atoms. The third-order valence-corrected chi connectivity index (χ3v) is 6.51. The first-order chi connectivity index (χ1) is 17.0. The molecule has 12 heteroatoms. The molecule has 0 saturated carbocycles. The summed E-state index contributed by atoms with van der Waals surface area (Å²) in [7, 11) is 0. The van der Waals surface area contributed by atoms with Crippen molar-refractivity contribution < 1.29 is 4.39 Å². The normalized spacial score (nSPS) is 11.9. The Morgan fingerprint density at radius 3 is 2.77 bits per heavy atom. The van der Waals surface area contributed by atoms with Gasteiger partial charge in [0.15, 0.2) is 12.2 Å². The van der Waals surface area contributed by atoms with Gasteiger partial charge in [-0.2, -0.15) is 22.0 Å². The molecule has 0 aliphatic rings. The smallest absolute Gasteiger partial charge is 0.212 e. The van der Waals surface area contributed by atoms with Gasteiger partial charge in [0, 0.05) is 47.8 Å². The van der Waals surface area contributed by atoms with Gasteiger partial charge in [-0.3, -0.25) is 15.3 Å². The first kappa shape index (κ1) is 25.9. The van der Waals surface area contributed by atoms with Crippen LogP contribution in [0.2, 0.25) is 0 Å². The fraction of sp³-hybridized carbons (Fsp3) is 0.261. The van der Waals surface area contributed by atoms with Gasteiger partial charge in [0.05, 0.1) is 5.69 Å². The monoisotopic (exact) mass is 511 g/mol. The zero-order valence-corrected chi connectivity index (χ0v) is 20.5. The van der Waals surface area contributed by atoms with Crippen molar-refractivity contribution in [3.05, 3.63) is 76.8 Å². The predicted octanol–water partition coefficient (Wildman–Crippen LogP) is 3.05. The van der Waals surface area contributed by atoms with E-state index < -0.39 is 0 Å². The van der Waals surface area contributed by atoms with Crippen LogP contribution in [0, 0.1) is 17.3 Å². The van der Waals surface area contributed by atoms with Crippen molar-refractivity contribution in [3.63, 3.8) is 0 Å². The van der Waals surface area contributed by atoms with Crippen LogP contribution < -0.4 is 22.1 Å². The quantitative estimate of drug-likeness (QED) is 0.101. The molecule has 182 valence electrons. The topological polar surface area (TPSA) is 150 Å². The first-order valence-corrected chi connectivity index (χ1v) is 12.8. The van der Waals surface area contributed by atoms with Crippen molar-refractivity contribution in [1.29, 1.82) is 5.26 Å². The molecule has 0 amide bonds. The Bertz CT molecular complexity index is 1150. The average Bonchev–Trinajstić information content (AvgIpc) is 3.29. The van der Waals surface area contributed by atoms with Gasteiger partial charge in [-0.05, 0) is 36.2 Å². The molecule has 2 aromatic heterocycles. The van der Waals surface area contributed by atoms with Gasteiger partial charge in [-0.1, -0.05) is 18.2 Å². The lowest BCUT2D eigenvalue weighted by atomic mass is 9.92. The highest BCUT2D eigenvalue weighted by Crippen LogP contribution is 2.26. The highest BCUT2D eigenvalue weighted by Gasteiger charge is 2.15. The maximum absolute atomic E-state index is 13.4. The highest BCUT2D eigenvalue weighted by molar-refractivity contribution is 7.98. The Morgan fingerprint density at radius 2 is 2.06 bits per heavy atom. The molecule has 3 aromatic rings. The maximum Gasteiger partial charge on any atom is 0.212 e. The first-order valence-electron chi connectivity index (χ1n) is 10.8. The number of nitrogens with one attached hydrogen (secondary N) is 2. The fourth-order valence-electron chi connectivity index (χ4n) is 3.20. The van der Waals surface area contributed by atoms with Gasteiger partial charge >= 0.3 is 0 Å². The van der Waals surface area contributed by atoms with Crippen LogP contribution >= 0.6 is 23.1 Å². The zero-order chi connectivity index (χ0) is 24.9. The van der Waals surface area contributed by atoms with Gasteiger partial charge in [0.25, 0.3) is 0 Å². The van der Waals surface area contributed by atoms with E-state index in [1.165, 1.54) is 23.5 Å². The lowest BCUT2D eigenvalue weighted by Gasteiger charge is -2.16. The summed E-state index contributed by atoms with van der Waals surface area (Å²) in [6.45, 7) is 1.07. The van der Waals surface area contributed by atoms with Gasteiger partial charge in [-0.15, -0.1) is 11.3 Å². The van der Waals surface area contributed by atoms with E-state index in [0.717, 1.165) is 28.5 Å². The van der Waals surface area contributed by atoms with Crippen molar-refractivity contribution in [1.82, 2.24) is 20.6 Å². The number of nitrogens with two attached hydrogens (primary N) is 2. The van der Waals surface area contributed by atoms with Gasteiger partial charge in [0.1, 0.15) is 5.82 Å². The molecule has 9 nitrogen and oxygen atoms in total. The third kappa shape index (κ3) is 8.88. The Hall–Kier alpha value is -3.69. The number of thiazole rings is 1. The Morgan fingerprint density at radius 1 is 1.23 bits per heavy atom. The summed E-state index contributed by atoms with van der Waals surface area (Å²) in [6.07, 6.45) is 4.31. The van der Waals surface area contributed by atoms with E-state index in [-0.39, 0.29) is 17.7 Å². The number of halogens is 1. The Labute approximate surface area is 211 Å². The molecule has 2 heterocycles. The summed E-state index contributed by atoms with van der Waals surface area (Å²) in [5.41, 5.74) is 13.5. The molecule has 0 aliphatic carbocycles. The third-order valence-electron chi connectivity index (χ3n) is 4.73. The van der Waals surface area contributed by atoms with Crippen LogP contribution in [0.3, 0.4) is 0 Å². The molecule has 1 unspecified atom stereocenters. The summed E-state index contributed by atoms with van der Waals surface area (Å²) in [6, 6.07) is 12.2. The number of guanidine groups is 2. The number of nitrogens with zero attached hydrogens (tertiary/aromatic N) is 5. The number of hydrogen-bond acceptors (Lipinski definition) is 7. The van der Waals surface area contributed by atoms with E-state index in [1.54, 1.807) is 30.1 Å². The molecule has 0 fully saturated rings.